The molecule has 11 rings (SSSR count). The standard InChI is InChI=1S/C51H34N4O/c1-4-15-33(16-5-1)35-19-12-21-37(31-35)49-52-50(38-22-13-20-36(32-38)34-17-6-2-7-18-34)54-51(53-49)43-27-14-26-40-41-29-30-45-46(48(41)56-47(40)43)42-25-10-11-28-44(42)55(45)39-23-8-3-9-24-39/h1-32,41,48H. The first-order valence-electron chi connectivity index (χ1n) is 19.0. The van der Waals surface area contributed by atoms with Gasteiger partial charge in [-0.1, -0.05) is 152 Å². The molecule has 0 amide bonds. The maximum atomic E-state index is 7.16. The number of ether oxygens (including phenoxy) is 1. The highest BCUT2D eigenvalue weighted by Crippen LogP contribution is 2.55. The van der Waals surface area contributed by atoms with Crippen LogP contribution in [0.5, 0.6) is 5.75 Å². The van der Waals surface area contributed by atoms with E-state index in [9.17, 15) is 0 Å². The van der Waals surface area contributed by atoms with Crippen LogP contribution in [0.1, 0.15) is 28.8 Å². The molecule has 2 unspecified atom stereocenters. The Bertz CT molecular complexity index is 2850. The minimum atomic E-state index is -0.202. The monoisotopic (exact) mass is 718 g/mol. The maximum Gasteiger partial charge on any atom is 0.167 e. The van der Waals surface area contributed by atoms with Gasteiger partial charge in [0, 0.05) is 39.2 Å². The molecule has 264 valence electrons. The molecule has 7 aromatic carbocycles. The van der Waals surface area contributed by atoms with Gasteiger partial charge >= 0.3 is 0 Å². The average molecular weight is 719 g/mol. The number of hydrogen-bond acceptors (Lipinski definition) is 4. The number of nitrogens with zero attached hydrogens (tertiary/aromatic N) is 4. The summed E-state index contributed by atoms with van der Waals surface area (Å²) in [6.07, 6.45) is 4.37. The molecule has 9 aromatic rings. The molecule has 2 aromatic heterocycles. The third-order valence-corrected chi connectivity index (χ3v) is 11.0. The zero-order valence-corrected chi connectivity index (χ0v) is 30.3. The van der Waals surface area contributed by atoms with Gasteiger partial charge in [0.2, 0.25) is 0 Å². The lowest BCUT2D eigenvalue weighted by Crippen LogP contribution is -2.13. The summed E-state index contributed by atoms with van der Waals surface area (Å²) in [4.78, 5) is 15.6. The van der Waals surface area contributed by atoms with Crippen LogP contribution in [0.4, 0.5) is 0 Å². The van der Waals surface area contributed by atoms with E-state index in [1.165, 1.54) is 10.9 Å². The van der Waals surface area contributed by atoms with E-state index in [4.69, 9.17) is 19.7 Å². The predicted molar refractivity (Wildman–Crippen MR) is 225 cm³/mol. The third-order valence-electron chi connectivity index (χ3n) is 11.0. The number of benzene rings is 7. The Kier molecular flexibility index (Phi) is 7.56. The average Bonchev–Trinajstić information content (AvgIpc) is 3.83. The van der Waals surface area contributed by atoms with E-state index >= 15 is 0 Å². The van der Waals surface area contributed by atoms with Crippen molar-refractivity contribution in [2.45, 2.75) is 12.0 Å². The normalized spacial score (nSPS) is 15.2. The van der Waals surface area contributed by atoms with Gasteiger partial charge in [-0.05, 0) is 64.7 Å². The van der Waals surface area contributed by atoms with Crippen LogP contribution in [0.2, 0.25) is 0 Å². The van der Waals surface area contributed by atoms with Crippen molar-refractivity contribution >= 4 is 17.0 Å². The van der Waals surface area contributed by atoms with Crippen LogP contribution in [-0.4, -0.2) is 19.5 Å². The van der Waals surface area contributed by atoms with Gasteiger partial charge in [-0.15, -0.1) is 0 Å². The summed E-state index contributed by atoms with van der Waals surface area (Å²) in [5.41, 5.74) is 12.9. The van der Waals surface area contributed by atoms with Crippen molar-refractivity contribution < 1.29 is 4.74 Å². The molecular weight excluding hydrogens is 685 g/mol. The van der Waals surface area contributed by atoms with Gasteiger partial charge in [-0.2, -0.15) is 0 Å². The highest BCUT2D eigenvalue weighted by Gasteiger charge is 2.41. The lowest BCUT2D eigenvalue weighted by Gasteiger charge is -2.22. The Hall–Kier alpha value is -7.37. The maximum absolute atomic E-state index is 7.16. The van der Waals surface area contributed by atoms with Gasteiger partial charge in [0.15, 0.2) is 17.5 Å². The first-order chi connectivity index (χ1) is 27.8. The second-order valence-electron chi connectivity index (χ2n) is 14.3. The fraction of sp³-hybridized carbons (Fsp3) is 0.0392. The molecular formula is C51H34N4O. The molecule has 5 heteroatoms. The first kappa shape index (κ1) is 32.1. The summed E-state index contributed by atoms with van der Waals surface area (Å²) in [6.45, 7) is 0. The molecule has 0 saturated carbocycles. The topological polar surface area (TPSA) is 52.8 Å². The fourth-order valence-corrected chi connectivity index (χ4v) is 8.42. The number of rotatable bonds is 6. The SMILES string of the molecule is C1=CC2c3cccc(-c4nc(-c5cccc(-c6ccccc6)c5)nc(-c5cccc(-c6ccccc6)c5)n4)c3OC2c2c1n(-c1ccccc1)c1ccccc21. The van der Waals surface area contributed by atoms with E-state index in [-0.39, 0.29) is 12.0 Å². The Morgan fingerprint density at radius 2 is 1.00 bits per heavy atom. The molecule has 0 N–H and O–H groups in total. The Morgan fingerprint density at radius 1 is 0.464 bits per heavy atom. The number of aromatic nitrogens is 4. The highest BCUT2D eigenvalue weighted by molar-refractivity contribution is 5.92. The van der Waals surface area contributed by atoms with Crippen LogP contribution in [0.15, 0.2) is 188 Å². The number of fused-ring (bicyclic) bond motifs is 7. The third kappa shape index (κ3) is 5.36. The first-order valence-corrected chi connectivity index (χ1v) is 19.0. The van der Waals surface area contributed by atoms with Crippen molar-refractivity contribution in [3.05, 3.63) is 205 Å². The van der Waals surface area contributed by atoms with Crippen LogP contribution in [0.25, 0.3) is 79.1 Å². The number of para-hydroxylation sites is 3. The van der Waals surface area contributed by atoms with E-state index in [0.717, 1.165) is 67.2 Å². The molecule has 0 spiro atoms. The van der Waals surface area contributed by atoms with Crippen molar-refractivity contribution in [2.24, 2.45) is 0 Å². The minimum Gasteiger partial charge on any atom is -0.484 e. The predicted octanol–water partition coefficient (Wildman–Crippen LogP) is 12.4. The lowest BCUT2D eigenvalue weighted by molar-refractivity contribution is 0.225. The molecule has 0 saturated heterocycles. The molecule has 2 aliphatic rings. The van der Waals surface area contributed by atoms with Crippen LogP contribution < -0.4 is 4.74 Å². The summed E-state index contributed by atoms with van der Waals surface area (Å²) in [5, 5.41) is 1.20. The summed E-state index contributed by atoms with van der Waals surface area (Å²) in [5.74, 6) is 2.64. The second-order valence-corrected chi connectivity index (χ2v) is 14.3. The summed E-state index contributed by atoms with van der Waals surface area (Å²) < 4.78 is 9.51. The molecule has 5 nitrogen and oxygen atoms in total. The number of hydrogen-bond donors (Lipinski definition) is 0. The van der Waals surface area contributed by atoms with Crippen molar-refractivity contribution in [2.75, 3.05) is 0 Å². The lowest BCUT2D eigenvalue weighted by atomic mass is 9.85. The van der Waals surface area contributed by atoms with E-state index in [1.54, 1.807) is 0 Å². The zero-order valence-electron chi connectivity index (χ0n) is 30.3. The molecule has 0 fully saturated rings. The van der Waals surface area contributed by atoms with Crippen LogP contribution >= 0.6 is 0 Å². The van der Waals surface area contributed by atoms with Gasteiger partial charge < -0.3 is 9.30 Å². The van der Waals surface area contributed by atoms with E-state index in [1.807, 2.05) is 12.1 Å². The van der Waals surface area contributed by atoms with Gasteiger partial charge in [-0.25, -0.2) is 15.0 Å². The Labute approximate surface area is 324 Å². The second kappa shape index (κ2) is 13.2. The van der Waals surface area contributed by atoms with E-state index in [2.05, 4.69) is 187 Å². The van der Waals surface area contributed by atoms with Crippen molar-refractivity contribution in [1.29, 1.82) is 0 Å². The molecule has 2 atom stereocenters. The van der Waals surface area contributed by atoms with Gasteiger partial charge in [-0.3, -0.25) is 0 Å². The minimum absolute atomic E-state index is 0.0402. The van der Waals surface area contributed by atoms with Crippen molar-refractivity contribution in [3.63, 3.8) is 0 Å². The highest BCUT2D eigenvalue weighted by atomic mass is 16.5. The van der Waals surface area contributed by atoms with Crippen LogP contribution in [-0.2, 0) is 0 Å². The summed E-state index contributed by atoms with van der Waals surface area (Å²) in [7, 11) is 0. The Morgan fingerprint density at radius 3 is 1.66 bits per heavy atom. The van der Waals surface area contributed by atoms with Crippen LogP contribution in [0.3, 0.4) is 0 Å². The quantitative estimate of drug-likeness (QED) is 0.172. The van der Waals surface area contributed by atoms with E-state index < -0.39 is 0 Å². The van der Waals surface area contributed by atoms with Gasteiger partial charge in [0.05, 0.1) is 16.8 Å². The molecule has 0 radical (unpaired) electrons. The summed E-state index contributed by atoms with van der Waals surface area (Å²) >= 11 is 0. The van der Waals surface area contributed by atoms with Crippen LogP contribution in [0, 0.1) is 0 Å². The summed E-state index contributed by atoms with van der Waals surface area (Å²) in [6, 6.07) is 63.3. The zero-order chi connectivity index (χ0) is 37.0. The Balaban J connectivity index is 1.06. The molecule has 1 aliphatic heterocycles. The largest absolute Gasteiger partial charge is 0.484 e. The van der Waals surface area contributed by atoms with Gasteiger partial charge in [0.25, 0.3) is 0 Å². The smallest absolute Gasteiger partial charge is 0.167 e. The van der Waals surface area contributed by atoms with Gasteiger partial charge in [0.1, 0.15) is 11.9 Å². The van der Waals surface area contributed by atoms with Crippen molar-refractivity contribution in [3.8, 4) is 67.9 Å². The molecule has 0 bridgehead atoms. The molecule has 56 heavy (non-hydrogen) atoms. The van der Waals surface area contributed by atoms with Crippen molar-refractivity contribution in [1.82, 2.24) is 19.5 Å². The molecule has 3 heterocycles. The molecule has 1 aliphatic carbocycles. The van der Waals surface area contributed by atoms with E-state index in [0.29, 0.717) is 17.5 Å². The fourth-order valence-electron chi connectivity index (χ4n) is 8.42.